The maximum absolute atomic E-state index is 14.4. The average molecular weight is 741 g/mol. The Morgan fingerprint density at radius 1 is 0.692 bits per heavy atom. The summed E-state index contributed by atoms with van der Waals surface area (Å²) in [6.45, 7) is -0.127. The minimum absolute atomic E-state index is 0.124. The molecule has 12 N–H and O–H groups in total. The van der Waals surface area contributed by atoms with Crippen LogP contribution in [0.3, 0.4) is 0 Å². The molecule has 0 saturated carbocycles. The number of aromatic hydroxyl groups is 3. The monoisotopic (exact) mass is 740 g/mol. The zero-order valence-corrected chi connectivity index (χ0v) is 27.3. The van der Waals surface area contributed by atoms with Crippen LogP contribution >= 0.6 is 0 Å². The molecular weight excluding hydrogens is 700 g/mol. The molecule has 0 amide bonds. The van der Waals surface area contributed by atoms with Crippen LogP contribution in [-0.2, 0) is 23.7 Å². The van der Waals surface area contributed by atoms with Gasteiger partial charge in [0.2, 0.25) is 5.43 Å². The van der Waals surface area contributed by atoms with E-state index >= 15 is 0 Å². The minimum atomic E-state index is -2.06. The van der Waals surface area contributed by atoms with Gasteiger partial charge in [0.1, 0.15) is 107 Å². The number of benzene rings is 2. The molecule has 0 unspecified atom stereocenters. The highest BCUT2D eigenvalue weighted by Gasteiger charge is 2.53. The highest BCUT2D eigenvalue weighted by Crippen LogP contribution is 2.42. The van der Waals surface area contributed by atoms with Gasteiger partial charge in [-0.05, 0) is 31.2 Å². The fourth-order valence-corrected chi connectivity index (χ4v) is 6.52. The van der Waals surface area contributed by atoms with Crippen LogP contribution in [0.2, 0.25) is 0 Å². The number of phenolic OH excluding ortho intramolecular Hbond substituents is 3. The molecule has 4 heterocycles. The molecule has 286 valence electrons. The normalized spacial score (nSPS) is 38.4. The van der Waals surface area contributed by atoms with Crippen molar-refractivity contribution in [1.82, 2.24) is 0 Å². The first-order valence-electron chi connectivity index (χ1n) is 16.2. The van der Waals surface area contributed by atoms with Gasteiger partial charge in [0.05, 0.1) is 24.9 Å². The second kappa shape index (κ2) is 15.1. The van der Waals surface area contributed by atoms with Crippen LogP contribution in [0.1, 0.15) is 18.6 Å². The van der Waals surface area contributed by atoms with Gasteiger partial charge in [-0.1, -0.05) is 0 Å². The summed E-state index contributed by atoms with van der Waals surface area (Å²) in [6.07, 6.45) is -25.9. The molecule has 3 aromatic rings. The van der Waals surface area contributed by atoms with E-state index in [1.807, 2.05) is 0 Å². The van der Waals surface area contributed by atoms with Crippen molar-refractivity contribution in [2.24, 2.45) is 0 Å². The highest BCUT2D eigenvalue weighted by molar-refractivity contribution is 5.87. The van der Waals surface area contributed by atoms with Gasteiger partial charge in [-0.2, -0.15) is 0 Å². The van der Waals surface area contributed by atoms with Gasteiger partial charge in [0.15, 0.2) is 12.6 Å². The molecule has 0 radical (unpaired) electrons. The van der Waals surface area contributed by atoms with Crippen molar-refractivity contribution in [1.29, 1.82) is 0 Å². The number of aliphatic hydroxyl groups excluding tert-OH is 9. The number of aliphatic hydroxyl groups is 9. The molecule has 19 heteroatoms. The topological polar surface area (TPSA) is 319 Å². The van der Waals surface area contributed by atoms with E-state index < -0.39 is 133 Å². The molecule has 2 aromatic carbocycles. The largest absolute Gasteiger partial charge is 0.508 e. The summed E-state index contributed by atoms with van der Waals surface area (Å²) in [5, 5.41) is 125. The van der Waals surface area contributed by atoms with Crippen molar-refractivity contribution >= 4 is 11.0 Å². The number of hydrogen-bond donors (Lipinski definition) is 12. The van der Waals surface area contributed by atoms with E-state index in [9.17, 15) is 66.1 Å². The third kappa shape index (κ3) is 6.97. The third-order valence-corrected chi connectivity index (χ3v) is 9.47. The maximum Gasteiger partial charge on any atom is 0.203 e. The zero-order chi connectivity index (χ0) is 37.8. The van der Waals surface area contributed by atoms with Crippen molar-refractivity contribution in [3.8, 4) is 28.6 Å². The Morgan fingerprint density at radius 2 is 1.33 bits per heavy atom. The second-order valence-electron chi connectivity index (χ2n) is 12.9. The lowest BCUT2D eigenvalue weighted by atomic mass is 9.88. The van der Waals surface area contributed by atoms with Gasteiger partial charge >= 0.3 is 0 Å². The van der Waals surface area contributed by atoms with Gasteiger partial charge in [-0.3, -0.25) is 4.79 Å². The van der Waals surface area contributed by atoms with Crippen LogP contribution in [0.15, 0.2) is 45.6 Å². The summed E-state index contributed by atoms with van der Waals surface area (Å²) < 4.78 is 34.6. The van der Waals surface area contributed by atoms with E-state index in [0.717, 1.165) is 12.1 Å². The lowest BCUT2D eigenvalue weighted by molar-refractivity contribution is -0.347. The van der Waals surface area contributed by atoms with Gasteiger partial charge in [0.25, 0.3) is 0 Å². The van der Waals surface area contributed by atoms with Crippen molar-refractivity contribution in [2.75, 3.05) is 13.2 Å². The predicted octanol–water partition coefficient (Wildman–Crippen LogP) is -3.23. The van der Waals surface area contributed by atoms with E-state index in [1.165, 1.54) is 31.2 Å². The Balaban J connectivity index is 1.46. The van der Waals surface area contributed by atoms with Crippen LogP contribution in [0.25, 0.3) is 22.3 Å². The molecule has 0 bridgehead atoms. The average Bonchev–Trinajstić information content (AvgIpc) is 3.11. The van der Waals surface area contributed by atoms with Crippen molar-refractivity contribution in [3.63, 3.8) is 0 Å². The first-order chi connectivity index (χ1) is 24.6. The van der Waals surface area contributed by atoms with Crippen molar-refractivity contribution in [2.45, 2.75) is 98.9 Å². The van der Waals surface area contributed by atoms with E-state index in [4.69, 9.17) is 28.1 Å². The number of ether oxygens (including phenoxy) is 5. The van der Waals surface area contributed by atoms with Crippen LogP contribution in [-0.4, -0.2) is 160 Å². The Kier molecular flexibility index (Phi) is 11.1. The molecule has 3 aliphatic rings. The first kappa shape index (κ1) is 38.2. The molecule has 15 atom stereocenters. The van der Waals surface area contributed by atoms with Crippen molar-refractivity contribution < 1.29 is 89.4 Å². The number of phenols is 3. The molecule has 52 heavy (non-hydrogen) atoms. The first-order valence-corrected chi connectivity index (χ1v) is 16.2. The number of rotatable bonds is 8. The molecule has 6 rings (SSSR count). The van der Waals surface area contributed by atoms with Crippen LogP contribution in [0.5, 0.6) is 17.2 Å². The van der Waals surface area contributed by atoms with E-state index in [1.54, 1.807) is 0 Å². The van der Waals surface area contributed by atoms with Crippen LogP contribution < -0.4 is 5.43 Å². The Bertz CT molecular complexity index is 1760. The lowest BCUT2D eigenvalue weighted by Crippen LogP contribution is -2.63. The smallest absolute Gasteiger partial charge is 0.203 e. The van der Waals surface area contributed by atoms with Crippen LogP contribution in [0, 0.1) is 0 Å². The quantitative estimate of drug-likeness (QED) is 0.108. The molecule has 0 aliphatic carbocycles. The molecule has 3 aliphatic heterocycles. The Labute approximate surface area is 293 Å². The predicted molar refractivity (Wildman–Crippen MR) is 169 cm³/mol. The summed E-state index contributed by atoms with van der Waals surface area (Å²) in [5.74, 6) is -1.65. The third-order valence-electron chi connectivity index (χ3n) is 9.47. The van der Waals surface area contributed by atoms with Gasteiger partial charge in [0, 0.05) is 17.7 Å². The van der Waals surface area contributed by atoms with E-state index in [0.29, 0.717) is 0 Å². The van der Waals surface area contributed by atoms with Crippen LogP contribution in [0.4, 0.5) is 0 Å². The fourth-order valence-electron chi connectivity index (χ4n) is 6.52. The molecule has 19 nitrogen and oxygen atoms in total. The molecule has 0 spiro atoms. The summed E-state index contributed by atoms with van der Waals surface area (Å²) in [6, 6.07) is 7.11. The molecule has 3 fully saturated rings. The molecule has 3 saturated heterocycles. The summed E-state index contributed by atoms with van der Waals surface area (Å²) >= 11 is 0. The van der Waals surface area contributed by atoms with Crippen molar-refractivity contribution in [3.05, 3.63) is 52.2 Å². The standard InChI is InChI=1S/C33H40O19/c1-10-20(38)24(42)27(45)32(48-10)47-9-17-22(40)26(44)31(52-33-28(46)25(43)21(39)16(8-34)51-33)30(50-17)19-23(41)18-14(37)6-13(36)7-15(18)49-29(19)11-2-4-12(35)5-3-11/h2-7,10,16-17,20-22,24-28,30-40,42-46H,8-9H2,1H3/t10-,16+,17+,20-,21+,22+,24+,25-,26-,27+,28+,30-,31+,32+,33-/m0/s1. The van der Waals surface area contributed by atoms with E-state index in [2.05, 4.69) is 0 Å². The molecule has 1 aromatic heterocycles. The zero-order valence-electron chi connectivity index (χ0n) is 27.3. The summed E-state index contributed by atoms with van der Waals surface area (Å²) in [7, 11) is 0. The summed E-state index contributed by atoms with van der Waals surface area (Å²) in [4.78, 5) is 14.4. The maximum atomic E-state index is 14.4. The lowest BCUT2D eigenvalue weighted by Gasteiger charge is -2.47. The SMILES string of the molecule is C[C@@H]1O[C@@H](OC[C@H]2O[C@@H](c3c(-c4ccc(O)cc4)oc4cc(O)cc(O)c4c3=O)[C@H](O[C@@H]3O[C@H](CO)[C@@H](O)[C@H](O)[C@H]3O)[C@@H](O)[C@@H]2O)[C@H](O)[C@H](O)[C@H]1O. The second-order valence-corrected chi connectivity index (χ2v) is 12.9. The van der Waals surface area contributed by atoms with E-state index in [-0.39, 0.29) is 22.7 Å². The van der Waals surface area contributed by atoms with Gasteiger partial charge in [-0.25, -0.2) is 0 Å². The Morgan fingerprint density at radius 3 is 2.00 bits per heavy atom. The minimum Gasteiger partial charge on any atom is -0.508 e. The Hall–Kier alpha value is -3.51. The van der Waals surface area contributed by atoms with Gasteiger partial charge in [-0.15, -0.1) is 0 Å². The number of fused-ring (bicyclic) bond motifs is 1. The van der Waals surface area contributed by atoms with Gasteiger partial charge < -0.3 is 89.4 Å². The highest BCUT2D eigenvalue weighted by atomic mass is 16.7. The summed E-state index contributed by atoms with van der Waals surface area (Å²) in [5.41, 5.74) is -1.63. The fraction of sp³-hybridized carbons (Fsp3) is 0.545. The number of hydrogen-bond acceptors (Lipinski definition) is 19. The molecular formula is C33H40O19.